The number of amides is 1. The Labute approximate surface area is 212 Å². The van der Waals surface area contributed by atoms with Gasteiger partial charge >= 0.3 is 0 Å². The van der Waals surface area contributed by atoms with Crippen molar-refractivity contribution in [1.82, 2.24) is 19.2 Å². The van der Waals surface area contributed by atoms with Crippen molar-refractivity contribution in [2.45, 2.75) is 95.5 Å². The number of nitrogens with zero attached hydrogens (tertiary/aromatic N) is 3. The molecule has 10 heteroatoms. The van der Waals surface area contributed by atoms with E-state index >= 15 is 0 Å². The molecule has 1 aliphatic carbocycles. The van der Waals surface area contributed by atoms with Crippen LogP contribution in [0.2, 0.25) is 0 Å². The number of imidazole rings is 1. The van der Waals surface area contributed by atoms with Crippen molar-refractivity contribution in [3.63, 3.8) is 0 Å². The number of alkyl halides is 2. The number of sulfonamides is 1. The van der Waals surface area contributed by atoms with Gasteiger partial charge in [0.05, 0.1) is 21.8 Å². The van der Waals surface area contributed by atoms with Crippen LogP contribution in [0.25, 0.3) is 11.0 Å². The first kappa shape index (κ1) is 27.0. The Hall–Kier alpha value is -2.07. The number of carbonyl (C=O) groups excluding carboxylic acids is 1. The van der Waals surface area contributed by atoms with Crippen molar-refractivity contribution < 1.29 is 22.0 Å². The maximum absolute atomic E-state index is 13.7. The van der Waals surface area contributed by atoms with Crippen LogP contribution in [-0.2, 0) is 26.8 Å². The number of halogens is 2. The summed E-state index contributed by atoms with van der Waals surface area (Å²) in [5, 5.41) is 3.13. The summed E-state index contributed by atoms with van der Waals surface area (Å²) in [7, 11) is -4.08. The summed E-state index contributed by atoms with van der Waals surface area (Å²) in [6.07, 6.45) is 1.30. The Morgan fingerprint density at radius 2 is 1.89 bits per heavy atom. The van der Waals surface area contributed by atoms with E-state index in [1.54, 1.807) is 26.0 Å². The lowest BCUT2D eigenvalue weighted by molar-refractivity contribution is -0.131. The number of fused-ring (bicyclic) bond motifs is 1. The first-order chi connectivity index (χ1) is 16.7. The molecule has 1 amide bonds. The van der Waals surface area contributed by atoms with E-state index in [4.69, 9.17) is 4.98 Å². The molecule has 200 valence electrons. The first-order valence-corrected chi connectivity index (χ1v) is 14.3. The monoisotopic (exact) mass is 524 g/mol. The Kier molecular flexibility index (Phi) is 7.24. The molecule has 0 unspecified atom stereocenters. The van der Waals surface area contributed by atoms with Gasteiger partial charge in [-0.3, -0.25) is 4.79 Å². The predicted molar refractivity (Wildman–Crippen MR) is 135 cm³/mol. The van der Waals surface area contributed by atoms with Crippen molar-refractivity contribution in [2.24, 2.45) is 11.8 Å². The quantitative estimate of drug-likeness (QED) is 0.593. The van der Waals surface area contributed by atoms with Crippen molar-refractivity contribution in [3.8, 4) is 0 Å². The Morgan fingerprint density at radius 1 is 1.22 bits per heavy atom. The fourth-order valence-corrected chi connectivity index (χ4v) is 7.05. The van der Waals surface area contributed by atoms with Crippen LogP contribution in [0, 0.1) is 11.8 Å². The highest BCUT2D eigenvalue weighted by molar-refractivity contribution is 7.89. The van der Waals surface area contributed by atoms with Gasteiger partial charge in [-0.2, -0.15) is 0 Å². The smallest absolute Gasteiger partial charge is 0.266 e. The first-order valence-electron chi connectivity index (χ1n) is 12.9. The number of hydrogen-bond acceptors (Lipinski definition) is 5. The SMILES string of the molecule is CC(C)N(C(=O)[C@H]1CCNC1)S(=O)(=O)c1ccc2c(c1)nc(C(C)(C)C)n2CC1CCC(F)(F)CC1. The fourth-order valence-electron chi connectivity index (χ4n) is 5.38. The number of hydrogen-bond donors (Lipinski definition) is 1. The molecular weight excluding hydrogens is 486 g/mol. The van der Waals surface area contributed by atoms with Gasteiger partial charge in [-0.25, -0.2) is 26.5 Å². The summed E-state index contributed by atoms with van der Waals surface area (Å²) in [5.74, 6) is -2.43. The molecule has 1 aromatic carbocycles. The summed E-state index contributed by atoms with van der Waals surface area (Å²) < 4.78 is 57.8. The van der Waals surface area contributed by atoms with Crippen LogP contribution in [0.3, 0.4) is 0 Å². The summed E-state index contributed by atoms with van der Waals surface area (Å²) in [4.78, 5) is 18.0. The van der Waals surface area contributed by atoms with Crippen molar-refractivity contribution in [1.29, 1.82) is 0 Å². The van der Waals surface area contributed by atoms with E-state index in [1.165, 1.54) is 6.07 Å². The van der Waals surface area contributed by atoms with Crippen LogP contribution in [0.5, 0.6) is 0 Å². The normalized spacial score (nSPS) is 21.4. The number of carbonyl (C=O) groups is 1. The molecule has 4 rings (SSSR count). The average Bonchev–Trinajstić information content (AvgIpc) is 3.43. The van der Waals surface area contributed by atoms with E-state index in [0.717, 1.165) is 15.6 Å². The van der Waals surface area contributed by atoms with Crippen LogP contribution in [0.1, 0.15) is 72.5 Å². The van der Waals surface area contributed by atoms with E-state index in [-0.39, 0.29) is 40.9 Å². The molecule has 1 N–H and O–H groups in total. The summed E-state index contributed by atoms with van der Waals surface area (Å²) in [5.41, 5.74) is 0.978. The number of nitrogens with one attached hydrogen (secondary N) is 1. The zero-order chi connectivity index (χ0) is 26.5. The molecule has 0 radical (unpaired) electrons. The molecule has 2 fully saturated rings. The van der Waals surface area contributed by atoms with Crippen LogP contribution < -0.4 is 5.32 Å². The van der Waals surface area contributed by atoms with Gasteiger partial charge in [-0.15, -0.1) is 0 Å². The Bertz CT molecular complexity index is 1220. The minimum absolute atomic E-state index is 0.0328. The van der Waals surface area contributed by atoms with Crippen molar-refractivity contribution in [2.75, 3.05) is 13.1 Å². The van der Waals surface area contributed by atoms with Gasteiger partial charge < -0.3 is 9.88 Å². The third-order valence-corrected chi connectivity index (χ3v) is 9.29. The lowest BCUT2D eigenvalue weighted by atomic mass is 9.86. The van der Waals surface area contributed by atoms with Crippen LogP contribution in [0.15, 0.2) is 23.1 Å². The highest BCUT2D eigenvalue weighted by atomic mass is 32.2. The molecule has 1 saturated carbocycles. The van der Waals surface area contributed by atoms with Gasteiger partial charge in [0, 0.05) is 37.4 Å². The number of aromatic nitrogens is 2. The van der Waals surface area contributed by atoms with Gasteiger partial charge in [0.2, 0.25) is 11.8 Å². The molecule has 2 heterocycles. The van der Waals surface area contributed by atoms with Gasteiger partial charge in [-0.05, 0) is 63.8 Å². The van der Waals surface area contributed by atoms with Gasteiger partial charge in [0.1, 0.15) is 5.82 Å². The third kappa shape index (κ3) is 5.30. The fraction of sp³-hybridized carbons (Fsp3) is 0.692. The molecule has 1 atom stereocenters. The van der Waals surface area contributed by atoms with E-state index in [1.807, 2.05) is 20.8 Å². The minimum Gasteiger partial charge on any atom is -0.327 e. The maximum atomic E-state index is 13.7. The predicted octanol–water partition coefficient (Wildman–Crippen LogP) is 4.69. The van der Waals surface area contributed by atoms with Crippen LogP contribution in [0.4, 0.5) is 8.78 Å². The molecule has 2 aromatic rings. The standard InChI is InChI=1S/C26H38F2N4O3S/c1-17(2)32(23(33)19-10-13-29-15-19)36(34,35)20-6-7-22-21(14-20)30-24(25(3,4)5)31(22)16-18-8-11-26(27,28)12-9-18/h6-7,14,17-19,29H,8-13,15-16H2,1-5H3/t19-/m0/s1. The lowest BCUT2D eigenvalue weighted by Gasteiger charge is -2.30. The lowest BCUT2D eigenvalue weighted by Crippen LogP contribution is -2.45. The zero-order valence-electron chi connectivity index (χ0n) is 21.9. The largest absolute Gasteiger partial charge is 0.327 e. The molecule has 36 heavy (non-hydrogen) atoms. The number of rotatable bonds is 6. The van der Waals surface area contributed by atoms with E-state index < -0.39 is 22.0 Å². The van der Waals surface area contributed by atoms with Crippen LogP contribution >= 0.6 is 0 Å². The molecule has 1 saturated heterocycles. The highest BCUT2D eigenvalue weighted by Crippen LogP contribution is 2.38. The molecule has 7 nitrogen and oxygen atoms in total. The Morgan fingerprint density at radius 3 is 2.44 bits per heavy atom. The second-order valence-electron chi connectivity index (χ2n) is 11.7. The maximum Gasteiger partial charge on any atom is 0.266 e. The van der Waals surface area contributed by atoms with Crippen LogP contribution in [-0.4, -0.2) is 53.2 Å². The van der Waals surface area contributed by atoms with Gasteiger partial charge in [0.15, 0.2) is 0 Å². The van der Waals surface area contributed by atoms with Crippen molar-refractivity contribution >= 4 is 27.0 Å². The van der Waals surface area contributed by atoms with E-state index in [2.05, 4.69) is 9.88 Å². The summed E-state index contributed by atoms with van der Waals surface area (Å²) in [6, 6.07) is 4.29. The van der Waals surface area contributed by atoms with E-state index in [9.17, 15) is 22.0 Å². The van der Waals surface area contributed by atoms with Crippen molar-refractivity contribution in [3.05, 3.63) is 24.0 Å². The Balaban J connectivity index is 1.71. The zero-order valence-corrected chi connectivity index (χ0v) is 22.7. The molecule has 1 aromatic heterocycles. The van der Waals surface area contributed by atoms with Gasteiger partial charge in [0.25, 0.3) is 10.0 Å². The second-order valence-corrected chi connectivity index (χ2v) is 13.5. The molecule has 0 bridgehead atoms. The molecule has 1 aliphatic heterocycles. The third-order valence-electron chi connectivity index (χ3n) is 7.32. The second kappa shape index (κ2) is 9.67. The molecular formula is C26H38F2N4O3S. The molecule has 0 spiro atoms. The average molecular weight is 525 g/mol. The van der Waals surface area contributed by atoms with Gasteiger partial charge in [-0.1, -0.05) is 20.8 Å². The summed E-state index contributed by atoms with van der Waals surface area (Å²) >= 11 is 0. The minimum atomic E-state index is -4.08. The highest BCUT2D eigenvalue weighted by Gasteiger charge is 2.38. The van der Waals surface area contributed by atoms with E-state index in [0.29, 0.717) is 44.4 Å². The molecule has 2 aliphatic rings. The number of benzene rings is 1. The topological polar surface area (TPSA) is 84.3 Å². The summed E-state index contributed by atoms with van der Waals surface area (Å²) in [6.45, 7) is 11.2.